The van der Waals surface area contributed by atoms with E-state index >= 15 is 0 Å². The number of carboxylic acids is 1. The molecule has 0 aliphatic carbocycles. The van der Waals surface area contributed by atoms with E-state index < -0.39 is 5.97 Å². The van der Waals surface area contributed by atoms with Gasteiger partial charge in [0, 0.05) is 23.7 Å². The first-order chi connectivity index (χ1) is 16.0. The van der Waals surface area contributed by atoms with Crippen LogP contribution in [0, 0.1) is 18.8 Å². The molecule has 33 heavy (non-hydrogen) atoms. The van der Waals surface area contributed by atoms with E-state index in [1.807, 2.05) is 49.5 Å². The standard InChI is InChI=1S/C27H25N3O3/c1-3-4-21(15-27(31)32)20-9-11-24(12-10-20)33-26(13-19-6-5-18(2)28-16-19)22-7-8-23-17-29-30-25(23)14-22/h5-12,14,16-17,21,26H,13,15H2,1-2H3,(H,29,30)(H,31,32)/t21?,26-/m0/s1. The number of carboxylic acid groups (broad SMARTS) is 1. The lowest BCUT2D eigenvalue weighted by Gasteiger charge is -2.20. The molecule has 1 unspecified atom stereocenters. The maximum Gasteiger partial charge on any atom is 0.304 e. The molecular formula is C27H25N3O3. The third kappa shape index (κ3) is 5.58. The highest BCUT2D eigenvalue weighted by Crippen LogP contribution is 2.29. The van der Waals surface area contributed by atoms with Crippen LogP contribution in [0.5, 0.6) is 5.75 Å². The maximum absolute atomic E-state index is 11.2. The first-order valence-electron chi connectivity index (χ1n) is 10.8. The molecule has 4 aromatic rings. The van der Waals surface area contributed by atoms with Gasteiger partial charge in [0.2, 0.25) is 0 Å². The molecule has 0 saturated carbocycles. The summed E-state index contributed by atoms with van der Waals surface area (Å²) in [5.41, 5.74) is 4.88. The van der Waals surface area contributed by atoms with Gasteiger partial charge in [-0.15, -0.1) is 5.92 Å². The van der Waals surface area contributed by atoms with Crippen molar-refractivity contribution in [1.29, 1.82) is 0 Å². The molecule has 2 N–H and O–H groups in total. The van der Waals surface area contributed by atoms with Crippen LogP contribution in [-0.4, -0.2) is 26.3 Å². The number of aryl methyl sites for hydroxylation is 1. The molecule has 6 heteroatoms. The highest BCUT2D eigenvalue weighted by Gasteiger charge is 2.17. The molecule has 0 radical (unpaired) electrons. The van der Waals surface area contributed by atoms with E-state index in [0.29, 0.717) is 12.2 Å². The molecule has 0 aliphatic heterocycles. The van der Waals surface area contributed by atoms with E-state index in [-0.39, 0.29) is 18.4 Å². The van der Waals surface area contributed by atoms with Crippen molar-refractivity contribution in [2.45, 2.75) is 38.7 Å². The van der Waals surface area contributed by atoms with Crippen molar-refractivity contribution in [3.63, 3.8) is 0 Å². The normalized spacial score (nSPS) is 12.5. The minimum atomic E-state index is -0.871. The average molecular weight is 440 g/mol. The molecule has 4 rings (SSSR count). The Hall–Kier alpha value is -4.11. The van der Waals surface area contributed by atoms with Crippen LogP contribution in [0.25, 0.3) is 10.9 Å². The summed E-state index contributed by atoms with van der Waals surface area (Å²) in [5.74, 6) is 5.29. The third-order valence-corrected chi connectivity index (χ3v) is 5.49. The van der Waals surface area contributed by atoms with E-state index in [1.54, 1.807) is 13.1 Å². The fourth-order valence-electron chi connectivity index (χ4n) is 3.76. The molecule has 0 spiro atoms. The molecular weight excluding hydrogens is 414 g/mol. The van der Waals surface area contributed by atoms with E-state index in [4.69, 9.17) is 4.74 Å². The van der Waals surface area contributed by atoms with Crippen molar-refractivity contribution in [2.24, 2.45) is 0 Å². The molecule has 0 aliphatic rings. The zero-order chi connectivity index (χ0) is 23.2. The number of nitrogens with zero attached hydrogens (tertiary/aromatic N) is 2. The third-order valence-electron chi connectivity index (χ3n) is 5.49. The lowest BCUT2D eigenvalue weighted by atomic mass is 9.96. The van der Waals surface area contributed by atoms with Gasteiger partial charge in [0.1, 0.15) is 11.9 Å². The Morgan fingerprint density at radius 1 is 1.09 bits per heavy atom. The van der Waals surface area contributed by atoms with Gasteiger partial charge in [0.25, 0.3) is 0 Å². The molecule has 2 heterocycles. The number of ether oxygens (including phenoxy) is 1. The monoisotopic (exact) mass is 439 g/mol. The van der Waals surface area contributed by atoms with Crippen LogP contribution < -0.4 is 4.74 Å². The van der Waals surface area contributed by atoms with Gasteiger partial charge >= 0.3 is 5.97 Å². The summed E-state index contributed by atoms with van der Waals surface area (Å²) in [5, 5.41) is 17.4. The van der Waals surface area contributed by atoms with Gasteiger partial charge in [-0.05, 0) is 54.8 Å². The van der Waals surface area contributed by atoms with Crippen LogP contribution in [-0.2, 0) is 11.2 Å². The van der Waals surface area contributed by atoms with Gasteiger partial charge in [-0.3, -0.25) is 14.9 Å². The van der Waals surface area contributed by atoms with E-state index in [9.17, 15) is 9.90 Å². The van der Waals surface area contributed by atoms with Crippen LogP contribution in [0.15, 0.2) is 67.0 Å². The number of fused-ring (bicyclic) bond motifs is 1. The molecule has 2 atom stereocenters. The Morgan fingerprint density at radius 2 is 1.88 bits per heavy atom. The van der Waals surface area contributed by atoms with Gasteiger partial charge in [-0.1, -0.05) is 36.3 Å². The van der Waals surface area contributed by atoms with E-state index in [2.05, 4.69) is 45.2 Å². The summed E-state index contributed by atoms with van der Waals surface area (Å²) in [6, 6.07) is 17.7. The predicted molar refractivity (Wildman–Crippen MR) is 127 cm³/mol. The number of benzene rings is 2. The smallest absolute Gasteiger partial charge is 0.304 e. The minimum absolute atomic E-state index is 0.0334. The highest BCUT2D eigenvalue weighted by molar-refractivity contribution is 5.78. The number of aromatic nitrogens is 3. The lowest BCUT2D eigenvalue weighted by Crippen LogP contribution is -2.11. The summed E-state index contributed by atoms with van der Waals surface area (Å²) in [6.07, 6.45) is 4.05. The van der Waals surface area contributed by atoms with E-state index in [1.165, 1.54) is 0 Å². The second-order valence-electron chi connectivity index (χ2n) is 7.95. The van der Waals surface area contributed by atoms with Crippen LogP contribution in [0.3, 0.4) is 0 Å². The van der Waals surface area contributed by atoms with Gasteiger partial charge in [0.05, 0.1) is 24.1 Å². The quantitative estimate of drug-likeness (QED) is 0.368. The van der Waals surface area contributed by atoms with Crippen LogP contribution >= 0.6 is 0 Å². The number of hydrogen-bond donors (Lipinski definition) is 2. The van der Waals surface area contributed by atoms with Crippen molar-refractivity contribution in [3.8, 4) is 17.6 Å². The Kier molecular flexibility index (Phi) is 6.70. The molecule has 166 valence electrons. The second-order valence-corrected chi connectivity index (χ2v) is 7.95. The number of nitrogens with one attached hydrogen (secondary N) is 1. The van der Waals surface area contributed by atoms with E-state index in [0.717, 1.165) is 33.3 Å². The van der Waals surface area contributed by atoms with Crippen molar-refractivity contribution in [2.75, 3.05) is 0 Å². The van der Waals surface area contributed by atoms with Gasteiger partial charge < -0.3 is 9.84 Å². The van der Waals surface area contributed by atoms with Crippen molar-refractivity contribution in [3.05, 3.63) is 89.4 Å². The number of aliphatic carboxylic acids is 1. The maximum atomic E-state index is 11.2. The minimum Gasteiger partial charge on any atom is -0.485 e. The SMILES string of the molecule is CC#CC(CC(=O)O)c1ccc(O[C@@H](Cc2ccc(C)nc2)c2ccc3cn[nH]c3c2)cc1. The summed E-state index contributed by atoms with van der Waals surface area (Å²) in [6.45, 7) is 3.68. The highest BCUT2D eigenvalue weighted by atomic mass is 16.5. The van der Waals surface area contributed by atoms with Gasteiger partial charge in [-0.25, -0.2) is 0 Å². The first-order valence-corrected chi connectivity index (χ1v) is 10.8. The molecule has 0 saturated heterocycles. The van der Waals surface area contributed by atoms with Crippen molar-refractivity contribution >= 4 is 16.9 Å². The number of pyridine rings is 1. The first kappa shape index (κ1) is 22.1. The average Bonchev–Trinajstić information content (AvgIpc) is 3.28. The lowest BCUT2D eigenvalue weighted by molar-refractivity contribution is -0.137. The summed E-state index contributed by atoms with van der Waals surface area (Å²) in [7, 11) is 0. The van der Waals surface area contributed by atoms with Crippen LogP contribution in [0.4, 0.5) is 0 Å². The molecule has 0 amide bonds. The zero-order valence-corrected chi connectivity index (χ0v) is 18.6. The Morgan fingerprint density at radius 3 is 2.58 bits per heavy atom. The number of aromatic amines is 1. The predicted octanol–water partition coefficient (Wildman–Crippen LogP) is 5.21. The number of H-pyrrole nitrogens is 1. The van der Waals surface area contributed by atoms with Crippen molar-refractivity contribution < 1.29 is 14.6 Å². The van der Waals surface area contributed by atoms with Crippen molar-refractivity contribution in [1.82, 2.24) is 15.2 Å². The Labute approximate surface area is 192 Å². The number of hydrogen-bond acceptors (Lipinski definition) is 4. The van der Waals surface area contributed by atoms with Crippen LogP contribution in [0.2, 0.25) is 0 Å². The molecule has 0 bridgehead atoms. The Bertz CT molecular complexity index is 1300. The molecule has 2 aromatic carbocycles. The van der Waals surface area contributed by atoms with Crippen LogP contribution in [0.1, 0.15) is 47.8 Å². The summed E-state index contributed by atoms with van der Waals surface area (Å²) < 4.78 is 6.42. The summed E-state index contributed by atoms with van der Waals surface area (Å²) >= 11 is 0. The molecule has 0 fully saturated rings. The summed E-state index contributed by atoms with van der Waals surface area (Å²) in [4.78, 5) is 15.6. The number of rotatable bonds is 8. The van der Waals surface area contributed by atoms with Gasteiger partial charge in [-0.2, -0.15) is 5.10 Å². The largest absolute Gasteiger partial charge is 0.485 e. The second kappa shape index (κ2) is 10.0. The zero-order valence-electron chi connectivity index (χ0n) is 18.6. The molecule has 6 nitrogen and oxygen atoms in total. The fraction of sp³-hybridized carbons (Fsp3) is 0.222. The topological polar surface area (TPSA) is 88.1 Å². The molecule has 2 aromatic heterocycles. The van der Waals surface area contributed by atoms with Gasteiger partial charge in [0.15, 0.2) is 0 Å². The fourth-order valence-corrected chi connectivity index (χ4v) is 3.76. The number of carbonyl (C=O) groups is 1. The Balaban J connectivity index is 1.60.